The fourth-order valence-corrected chi connectivity index (χ4v) is 6.32. The summed E-state index contributed by atoms with van der Waals surface area (Å²) < 4.78 is 0. The third kappa shape index (κ3) is 3.69. The third-order valence-corrected chi connectivity index (χ3v) is 8.22. The lowest BCUT2D eigenvalue weighted by Gasteiger charge is -2.17. The maximum Gasteiger partial charge on any atom is -0.00266 e. The van der Waals surface area contributed by atoms with E-state index in [1.807, 2.05) is 0 Å². The SMILES string of the molecule is c1cc(-c2c(-c3ccc4ccccc4c3)ccc3ccccc23)cc(-c2cc3ccccc3c3ccccc23)c1. The van der Waals surface area contributed by atoms with E-state index in [2.05, 4.69) is 158 Å². The molecule has 0 aromatic heterocycles. The van der Waals surface area contributed by atoms with Crippen LogP contribution in [0.3, 0.4) is 0 Å². The predicted octanol–water partition coefficient (Wildman–Crippen LogP) is 11.3. The average molecular weight is 507 g/mol. The first-order valence-corrected chi connectivity index (χ1v) is 13.9. The summed E-state index contributed by atoms with van der Waals surface area (Å²) in [6.07, 6.45) is 0. The van der Waals surface area contributed by atoms with Crippen molar-refractivity contribution in [2.24, 2.45) is 0 Å². The van der Waals surface area contributed by atoms with Crippen LogP contribution in [0, 0.1) is 0 Å². The van der Waals surface area contributed by atoms with E-state index in [9.17, 15) is 0 Å². The summed E-state index contributed by atoms with van der Waals surface area (Å²) in [4.78, 5) is 0. The molecule has 0 radical (unpaired) electrons. The highest BCUT2D eigenvalue weighted by atomic mass is 14.2. The van der Waals surface area contributed by atoms with Crippen LogP contribution >= 0.6 is 0 Å². The second kappa shape index (κ2) is 9.22. The minimum absolute atomic E-state index is 1.23. The van der Waals surface area contributed by atoms with Crippen molar-refractivity contribution in [3.63, 3.8) is 0 Å². The monoisotopic (exact) mass is 506 g/mol. The molecule has 0 N–H and O–H groups in total. The van der Waals surface area contributed by atoms with Crippen LogP contribution < -0.4 is 0 Å². The van der Waals surface area contributed by atoms with Crippen LogP contribution in [0.1, 0.15) is 0 Å². The second-order valence-electron chi connectivity index (χ2n) is 10.5. The molecule has 8 aromatic carbocycles. The average Bonchev–Trinajstić information content (AvgIpc) is 3.03. The van der Waals surface area contributed by atoms with Crippen molar-refractivity contribution in [2.45, 2.75) is 0 Å². The molecule has 0 fully saturated rings. The van der Waals surface area contributed by atoms with Crippen LogP contribution in [0.15, 0.2) is 158 Å². The summed E-state index contributed by atoms with van der Waals surface area (Å²) in [5.41, 5.74) is 7.50. The quantitative estimate of drug-likeness (QED) is 0.209. The molecule has 0 unspecified atom stereocenters. The lowest BCUT2D eigenvalue weighted by atomic mass is 9.87. The van der Waals surface area contributed by atoms with Gasteiger partial charge in [0.1, 0.15) is 0 Å². The van der Waals surface area contributed by atoms with Crippen molar-refractivity contribution in [1.82, 2.24) is 0 Å². The zero-order chi connectivity index (χ0) is 26.5. The number of hydrogen-bond donors (Lipinski definition) is 0. The van der Waals surface area contributed by atoms with Crippen molar-refractivity contribution >= 4 is 43.1 Å². The highest BCUT2D eigenvalue weighted by Gasteiger charge is 2.15. The minimum Gasteiger partial charge on any atom is -0.0616 e. The standard InChI is InChI=1S/C40H26/c1-2-12-29-24-32(21-20-27(29)10-1)36-23-22-28-11-3-6-17-35(28)40(36)33-15-9-14-30(25-33)39-26-31-13-4-5-16-34(31)37-18-7-8-19-38(37)39/h1-26H. The van der Waals surface area contributed by atoms with Gasteiger partial charge < -0.3 is 0 Å². The molecular formula is C40H26. The van der Waals surface area contributed by atoms with E-state index in [-0.39, 0.29) is 0 Å². The van der Waals surface area contributed by atoms with Gasteiger partial charge in [0.2, 0.25) is 0 Å². The Hall–Kier alpha value is -5.20. The predicted molar refractivity (Wildman–Crippen MR) is 173 cm³/mol. The van der Waals surface area contributed by atoms with E-state index in [1.165, 1.54) is 76.5 Å². The van der Waals surface area contributed by atoms with Crippen LogP contribution in [0.5, 0.6) is 0 Å². The molecule has 0 heteroatoms. The van der Waals surface area contributed by atoms with E-state index >= 15 is 0 Å². The molecule has 186 valence electrons. The van der Waals surface area contributed by atoms with Crippen molar-refractivity contribution in [3.05, 3.63) is 158 Å². The molecule has 0 aliphatic carbocycles. The van der Waals surface area contributed by atoms with Gasteiger partial charge in [-0.25, -0.2) is 0 Å². The fourth-order valence-electron chi connectivity index (χ4n) is 6.32. The van der Waals surface area contributed by atoms with Crippen molar-refractivity contribution in [3.8, 4) is 33.4 Å². The van der Waals surface area contributed by atoms with Gasteiger partial charge in [0.15, 0.2) is 0 Å². The Morgan fingerprint density at radius 2 is 0.850 bits per heavy atom. The highest BCUT2D eigenvalue weighted by Crippen LogP contribution is 2.41. The largest absolute Gasteiger partial charge is 0.0616 e. The van der Waals surface area contributed by atoms with E-state index < -0.39 is 0 Å². The number of benzene rings is 8. The summed E-state index contributed by atoms with van der Waals surface area (Å²) in [5, 5.41) is 10.2. The number of hydrogen-bond acceptors (Lipinski definition) is 0. The third-order valence-electron chi connectivity index (χ3n) is 8.22. The van der Waals surface area contributed by atoms with Gasteiger partial charge in [-0.15, -0.1) is 0 Å². The summed E-state index contributed by atoms with van der Waals surface area (Å²) in [6.45, 7) is 0. The Morgan fingerprint density at radius 1 is 0.250 bits per heavy atom. The maximum atomic E-state index is 2.38. The molecule has 0 amide bonds. The van der Waals surface area contributed by atoms with E-state index in [1.54, 1.807) is 0 Å². The molecule has 0 bridgehead atoms. The smallest absolute Gasteiger partial charge is 0.00266 e. The van der Waals surface area contributed by atoms with Gasteiger partial charge in [-0.1, -0.05) is 140 Å². The van der Waals surface area contributed by atoms with E-state index in [0.29, 0.717) is 0 Å². The van der Waals surface area contributed by atoms with Gasteiger partial charge in [0, 0.05) is 0 Å². The van der Waals surface area contributed by atoms with Crippen LogP contribution in [-0.4, -0.2) is 0 Å². The van der Waals surface area contributed by atoms with Gasteiger partial charge in [0.05, 0.1) is 0 Å². The fraction of sp³-hybridized carbons (Fsp3) is 0. The van der Waals surface area contributed by atoms with Crippen molar-refractivity contribution in [2.75, 3.05) is 0 Å². The number of rotatable bonds is 3. The van der Waals surface area contributed by atoms with E-state index in [4.69, 9.17) is 0 Å². The van der Waals surface area contributed by atoms with Gasteiger partial charge in [0.25, 0.3) is 0 Å². The van der Waals surface area contributed by atoms with Crippen LogP contribution in [0.4, 0.5) is 0 Å². The zero-order valence-electron chi connectivity index (χ0n) is 22.0. The molecule has 0 atom stereocenters. The lowest BCUT2D eigenvalue weighted by Crippen LogP contribution is -1.90. The highest BCUT2D eigenvalue weighted by molar-refractivity contribution is 6.14. The Bertz CT molecular complexity index is 2220. The van der Waals surface area contributed by atoms with Gasteiger partial charge in [-0.3, -0.25) is 0 Å². The molecule has 0 aliphatic rings. The summed E-state index contributed by atoms with van der Waals surface area (Å²) in [5.74, 6) is 0. The Morgan fingerprint density at radius 3 is 1.70 bits per heavy atom. The molecule has 8 aromatic rings. The van der Waals surface area contributed by atoms with Crippen LogP contribution in [-0.2, 0) is 0 Å². The molecule has 40 heavy (non-hydrogen) atoms. The molecule has 0 nitrogen and oxygen atoms in total. The molecule has 0 aliphatic heterocycles. The van der Waals surface area contributed by atoms with Crippen molar-refractivity contribution in [1.29, 1.82) is 0 Å². The second-order valence-corrected chi connectivity index (χ2v) is 10.5. The van der Waals surface area contributed by atoms with Gasteiger partial charge in [-0.2, -0.15) is 0 Å². The minimum atomic E-state index is 1.23. The molecule has 0 saturated carbocycles. The molecular weight excluding hydrogens is 480 g/mol. The van der Waals surface area contributed by atoms with E-state index in [0.717, 1.165) is 0 Å². The summed E-state index contributed by atoms with van der Waals surface area (Å²) >= 11 is 0. The van der Waals surface area contributed by atoms with Gasteiger partial charge in [-0.05, 0) is 94.7 Å². The normalized spacial score (nSPS) is 11.5. The Balaban J connectivity index is 1.39. The molecule has 0 heterocycles. The zero-order valence-corrected chi connectivity index (χ0v) is 22.0. The Kier molecular flexibility index (Phi) is 5.24. The summed E-state index contributed by atoms with van der Waals surface area (Å²) in [6, 6.07) is 57.6. The van der Waals surface area contributed by atoms with Crippen LogP contribution in [0.25, 0.3) is 76.5 Å². The lowest BCUT2D eigenvalue weighted by molar-refractivity contribution is 1.61. The molecule has 0 spiro atoms. The molecule has 0 saturated heterocycles. The van der Waals surface area contributed by atoms with Gasteiger partial charge >= 0.3 is 0 Å². The first kappa shape index (κ1) is 22.8. The summed E-state index contributed by atoms with van der Waals surface area (Å²) in [7, 11) is 0. The molecule has 8 rings (SSSR count). The van der Waals surface area contributed by atoms with Crippen LogP contribution in [0.2, 0.25) is 0 Å². The topological polar surface area (TPSA) is 0 Å². The Labute approximate surface area is 233 Å². The first-order valence-electron chi connectivity index (χ1n) is 13.9. The maximum absolute atomic E-state index is 2.38. The number of fused-ring (bicyclic) bond motifs is 5. The van der Waals surface area contributed by atoms with Crippen molar-refractivity contribution < 1.29 is 0 Å². The first-order chi connectivity index (χ1) is 19.8.